The minimum atomic E-state index is 0.887. The molecule has 0 aliphatic carbocycles. The molecule has 0 saturated carbocycles. The zero-order valence-corrected chi connectivity index (χ0v) is 8.60. The Hall–Kier alpha value is -2.15. The molecule has 2 aromatic rings. The van der Waals surface area contributed by atoms with Gasteiger partial charge in [-0.05, 0) is 30.2 Å². The lowest BCUT2D eigenvalue weighted by molar-refractivity contribution is 0.736. The first-order valence-electron chi connectivity index (χ1n) is 4.59. The Morgan fingerprint density at radius 2 is 2.27 bits per heavy atom. The summed E-state index contributed by atoms with van der Waals surface area (Å²) in [6.45, 7) is 1.98. The molecule has 0 spiro atoms. The van der Waals surface area contributed by atoms with E-state index in [1.807, 2.05) is 32.2 Å². The Morgan fingerprint density at radius 1 is 1.47 bits per heavy atom. The van der Waals surface area contributed by atoms with Crippen molar-refractivity contribution in [3.05, 3.63) is 29.3 Å². The summed E-state index contributed by atoms with van der Waals surface area (Å²) in [5.74, 6) is 0. The fraction of sp³-hybridized carbons (Fsp3) is 0.182. The highest BCUT2D eigenvalue weighted by Gasteiger charge is 2.06. The Bertz CT molecular complexity index is 572. The molecule has 0 bridgehead atoms. The van der Waals surface area contributed by atoms with E-state index in [9.17, 15) is 0 Å². The maximum Gasteiger partial charge on any atom is 0.116 e. The number of nitriles is 1. The Balaban J connectivity index is 2.66. The van der Waals surface area contributed by atoms with Gasteiger partial charge in [0.05, 0.1) is 11.6 Å². The van der Waals surface area contributed by atoms with Crippen molar-refractivity contribution in [2.45, 2.75) is 6.92 Å². The van der Waals surface area contributed by atoms with Crippen molar-refractivity contribution in [3.8, 4) is 6.07 Å². The van der Waals surface area contributed by atoms with Gasteiger partial charge in [-0.1, -0.05) is 11.3 Å². The number of rotatable bonds is 1. The van der Waals surface area contributed by atoms with Crippen LogP contribution in [-0.2, 0) is 7.05 Å². The first-order chi connectivity index (χ1) is 7.24. The summed E-state index contributed by atoms with van der Waals surface area (Å²) < 4.78 is 1.74. The van der Waals surface area contributed by atoms with Gasteiger partial charge in [0, 0.05) is 13.1 Å². The number of hydrogen-bond donors (Lipinski definition) is 0. The highest BCUT2D eigenvalue weighted by molar-refractivity contribution is 5.82. The zero-order valence-electron chi connectivity index (χ0n) is 8.60. The van der Waals surface area contributed by atoms with E-state index in [4.69, 9.17) is 5.26 Å². The molecule has 0 aliphatic heterocycles. The predicted molar refractivity (Wildman–Crippen MR) is 57.9 cm³/mol. The van der Waals surface area contributed by atoms with Gasteiger partial charge in [-0.3, -0.25) is 0 Å². The number of allylic oxidation sites excluding steroid dienone is 1. The molecule has 0 fully saturated rings. The maximum atomic E-state index is 8.47. The van der Waals surface area contributed by atoms with Crippen molar-refractivity contribution in [1.82, 2.24) is 15.0 Å². The average molecular weight is 198 g/mol. The second kappa shape index (κ2) is 3.54. The highest BCUT2D eigenvalue weighted by Crippen LogP contribution is 2.19. The number of fused-ring (bicyclic) bond motifs is 1. The van der Waals surface area contributed by atoms with Crippen LogP contribution in [0.3, 0.4) is 0 Å². The largest absolute Gasteiger partial charge is 0.248 e. The van der Waals surface area contributed by atoms with Crippen molar-refractivity contribution in [2.75, 3.05) is 0 Å². The second-order valence-electron chi connectivity index (χ2n) is 3.32. The molecule has 4 heteroatoms. The van der Waals surface area contributed by atoms with E-state index in [0.717, 1.165) is 22.2 Å². The van der Waals surface area contributed by atoms with Crippen LogP contribution in [0.5, 0.6) is 0 Å². The third kappa shape index (κ3) is 1.48. The number of aromatic nitrogens is 3. The lowest BCUT2D eigenvalue weighted by atomic mass is 10.1. The number of aryl methyl sites for hydroxylation is 2. The minimum Gasteiger partial charge on any atom is -0.248 e. The van der Waals surface area contributed by atoms with Crippen molar-refractivity contribution in [1.29, 1.82) is 5.26 Å². The number of nitrogens with zero attached hydrogens (tertiary/aromatic N) is 4. The van der Waals surface area contributed by atoms with Gasteiger partial charge in [0.15, 0.2) is 0 Å². The van der Waals surface area contributed by atoms with E-state index < -0.39 is 0 Å². The Labute approximate surface area is 87.4 Å². The smallest absolute Gasteiger partial charge is 0.116 e. The average Bonchev–Trinajstić information content (AvgIpc) is 2.61. The molecule has 0 unspecified atom stereocenters. The fourth-order valence-corrected chi connectivity index (χ4v) is 1.56. The molecular weight excluding hydrogens is 188 g/mol. The highest BCUT2D eigenvalue weighted by atomic mass is 15.4. The zero-order chi connectivity index (χ0) is 10.8. The monoisotopic (exact) mass is 198 g/mol. The molecule has 4 nitrogen and oxygen atoms in total. The predicted octanol–water partition coefficient (Wildman–Crippen LogP) is 1.81. The van der Waals surface area contributed by atoms with E-state index in [-0.39, 0.29) is 0 Å². The van der Waals surface area contributed by atoms with E-state index >= 15 is 0 Å². The van der Waals surface area contributed by atoms with E-state index in [1.54, 1.807) is 10.8 Å². The van der Waals surface area contributed by atoms with Crippen LogP contribution >= 0.6 is 0 Å². The topological polar surface area (TPSA) is 54.5 Å². The summed E-state index contributed by atoms with van der Waals surface area (Å²) in [4.78, 5) is 0. The molecular formula is C11H10N4. The first kappa shape index (κ1) is 9.41. The van der Waals surface area contributed by atoms with Crippen molar-refractivity contribution in [2.24, 2.45) is 7.05 Å². The summed E-state index contributed by atoms with van der Waals surface area (Å²) >= 11 is 0. The SMILES string of the molecule is Cc1c(C=CC#N)ccc2c1nnn2C. The van der Waals surface area contributed by atoms with E-state index in [2.05, 4.69) is 10.3 Å². The van der Waals surface area contributed by atoms with Crippen LogP contribution in [0.2, 0.25) is 0 Å². The van der Waals surface area contributed by atoms with Crippen LogP contribution in [0.15, 0.2) is 18.2 Å². The van der Waals surface area contributed by atoms with Crippen LogP contribution < -0.4 is 0 Å². The normalized spacial score (nSPS) is 11.0. The molecule has 0 amide bonds. The summed E-state index contributed by atoms with van der Waals surface area (Å²) in [7, 11) is 1.86. The van der Waals surface area contributed by atoms with Gasteiger partial charge in [-0.2, -0.15) is 5.26 Å². The van der Waals surface area contributed by atoms with Crippen LogP contribution in [0.25, 0.3) is 17.1 Å². The van der Waals surface area contributed by atoms with Crippen molar-refractivity contribution >= 4 is 17.1 Å². The van der Waals surface area contributed by atoms with Crippen molar-refractivity contribution in [3.63, 3.8) is 0 Å². The van der Waals surface area contributed by atoms with Crippen molar-refractivity contribution < 1.29 is 0 Å². The van der Waals surface area contributed by atoms with E-state index in [0.29, 0.717) is 0 Å². The van der Waals surface area contributed by atoms with Crippen LogP contribution in [0.1, 0.15) is 11.1 Å². The molecule has 1 heterocycles. The molecule has 0 saturated heterocycles. The molecule has 2 rings (SSSR count). The molecule has 0 radical (unpaired) electrons. The summed E-state index contributed by atoms with van der Waals surface area (Å²) in [5.41, 5.74) is 3.94. The van der Waals surface area contributed by atoms with Gasteiger partial charge in [-0.25, -0.2) is 4.68 Å². The molecule has 74 valence electrons. The van der Waals surface area contributed by atoms with Gasteiger partial charge in [0.1, 0.15) is 5.52 Å². The molecule has 1 aromatic heterocycles. The third-order valence-corrected chi connectivity index (χ3v) is 2.42. The van der Waals surface area contributed by atoms with Crippen LogP contribution in [0.4, 0.5) is 0 Å². The van der Waals surface area contributed by atoms with Gasteiger partial charge in [0.2, 0.25) is 0 Å². The number of hydrogen-bond acceptors (Lipinski definition) is 3. The molecule has 1 aromatic carbocycles. The van der Waals surface area contributed by atoms with Gasteiger partial charge in [0.25, 0.3) is 0 Å². The van der Waals surface area contributed by atoms with Gasteiger partial charge < -0.3 is 0 Å². The Kier molecular flexibility index (Phi) is 2.22. The first-order valence-corrected chi connectivity index (χ1v) is 4.59. The third-order valence-electron chi connectivity index (χ3n) is 2.42. The maximum absolute atomic E-state index is 8.47. The van der Waals surface area contributed by atoms with Crippen LogP contribution in [-0.4, -0.2) is 15.0 Å². The van der Waals surface area contributed by atoms with E-state index in [1.165, 1.54) is 6.08 Å². The summed E-state index contributed by atoms with van der Waals surface area (Å²) in [6.07, 6.45) is 3.24. The quantitative estimate of drug-likeness (QED) is 0.657. The van der Waals surface area contributed by atoms with Gasteiger partial charge >= 0.3 is 0 Å². The lowest BCUT2D eigenvalue weighted by Crippen LogP contribution is -1.89. The molecule has 0 atom stereocenters. The summed E-state index contributed by atoms with van der Waals surface area (Å²) in [6, 6.07) is 5.90. The van der Waals surface area contributed by atoms with Gasteiger partial charge in [-0.15, -0.1) is 5.10 Å². The number of benzene rings is 1. The minimum absolute atomic E-state index is 0.887. The molecule has 0 aliphatic rings. The fourth-order valence-electron chi connectivity index (χ4n) is 1.56. The molecule has 0 N–H and O–H groups in total. The van der Waals surface area contributed by atoms with Crippen LogP contribution in [0, 0.1) is 18.3 Å². The summed E-state index contributed by atoms with van der Waals surface area (Å²) in [5, 5.41) is 16.5. The second-order valence-corrected chi connectivity index (χ2v) is 3.32. The lowest BCUT2D eigenvalue weighted by Gasteiger charge is -2.00. The Morgan fingerprint density at radius 3 is 3.00 bits per heavy atom. The molecule has 15 heavy (non-hydrogen) atoms. The standard InChI is InChI=1S/C11H10N4/c1-8-9(4-3-7-12)5-6-10-11(8)13-14-15(10)2/h3-6H,1-2H3.